The molecular weight excluding hydrogens is 218 g/mol. The molecule has 1 aromatic carbocycles. The highest BCUT2D eigenvalue weighted by atomic mass is 35.5. The summed E-state index contributed by atoms with van der Waals surface area (Å²) in [5.41, 5.74) is 1.82. The number of pyridine rings is 1. The number of nitrogens with zero attached hydrogens (tertiary/aromatic N) is 1. The average Bonchev–Trinajstić information content (AvgIpc) is 3.10. The summed E-state index contributed by atoms with van der Waals surface area (Å²) in [4.78, 5) is 4.42. The number of hydrogen-bond donors (Lipinski definition) is 0. The van der Waals surface area contributed by atoms with Crippen LogP contribution in [0.4, 0.5) is 0 Å². The van der Waals surface area contributed by atoms with E-state index in [4.69, 9.17) is 18.0 Å². The maximum absolute atomic E-state index is 6.27. The van der Waals surface area contributed by atoms with E-state index < -0.39 is 0 Å². The van der Waals surface area contributed by atoms with E-state index in [0.29, 0.717) is 0 Å². The molecule has 0 spiro atoms. The summed E-state index contributed by atoms with van der Waals surface area (Å²) in [5, 5.41) is 1.84. The van der Waals surface area contributed by atoms with Gasteiger partial charge in [-0.05, 0) is 25.0 Å². The first-order valence-electron chi connectivity index (χ1n) is 5.28. The highest BCUT2D eigenvalue weighted by Gasteiger charge is 2.45. The molecule has 0 saturated heterocycles. The molecule has 0 aliphatic heterocycles. The Labute approximate surface area is 99.5 Å². The maximum atomic E-state index is 6.27. The fourth-order valence-electron chi connectivity index (χ4n) is 2.17. The molecule has 2 heteroatoms. The fourth-order valence-corrected chi connectivity index (χ4v) is 2.50. The van der Waals surface area contributed by atoms with Crippen LogP contribution >= 0.6 is 11.6 Å². The summed E-state index contributed by atoms with van der Waals surface area (Å²) < 4.78 is 0. The van der Waals surface area contributed by atoms with E-state index >= 15 is 0 Å². The van der Waals surface area contributed by atoms with Gasteiger partial charge in [-0.2, -0.15) is 0 Å². The fraction of sp³-hybridized carbons (Fsp3) is 0.214. The first kappa shape index (κ1) is 9.69. The summed E-state index contributed by atoms with van der Waals surface area (Å²) in [6.07, 6.45) is 9.44. The molecular formula is C14H10ClN. The first-order valence-corrected chi connectivity index (χ1v) is 5.66. The number of aromatic nitrogens is 1. The van der Waals surface area contributed by atoms with E-state index in [0.717, 1.165) is 34.3 Å². The van der Waals surface area contributed by atoms with Crippen molar-refractivity contribution in [2.45, 2.75) is 18.3 Å². The number of fused-ring (bicyclic) bond motifs is 1. The Morgan fingerprint density at radius 3 is 2.81 bits per heavy atom. The van der Waals surface area contributed by atoms with Crippen LogP contribution in [0.2, 0.25) is 5.02 Å². The van der Waals surface area contributed by atoms with Crippen molar-refractivity contribution in [3.8, 4) is 12.3 Å². The molecule has 1 heterocycles. The zero-order chi connectivity index (χ0) is 11.2. The highest BCUT2D eigenvalue weighted by Crippen LogP contribution is 2.51. The lowest BCUT2D eigenvalue weighted by atomic mass is 9.94. The van der Waals surface area contributed by atoms with E-state index in [1.54, 1.807) is 6.20 Å². The van der Waals surface area contributed by atoms with Gasteiger partial charge in [-0.15, -0.1) is 6.42 Å². The number of terminal acetylenes is 1. The zero-order valence-corrected chi connectivity index (χ0v) is 9.46. The van der Waals surface area contributed by atoms with Crippen molar-refractivity contribution in [3.63, 3.8) is 0 Å². The Morgan fingerprint density at radius 2 is 2.12 bits per heavy atom. The lowest BCUT2D eigenvalue weighted by Crippen LogP contribution is -2.05. The van der Waals surface area contributed by atoms with Crippen molar-refractivity contribution in [2.75, 3.05) is 0 Å². The zero-order valence-electron chi connectivity index (χ0n) is 8.70. The van der Waals surface area contributed by atoms with Gasteiger partial charge in [-0.1, -0.05) is 29.7 Å². The average molecular weight is 228 g/mol. The quantitative estimate of drug-likeness (QED) is 0.679. The van der Waals surface area contributed by atoms with Gasteiger partial charge in [-0.3, -0.25) is 4.98 Å². The summed E-state index contributed by atoms with van der Waals surface area (Å²) in [5.74, 6) is 2.88. The van der Waals surface area contributed by atoms with Crippen LogP contribution in [0.3, 0.4) is 0 Å². The maximum Gasteiger partial charge on any atom is 0.0764 e. The molecule has 1 saturated carbocycles. The Kier molecular flexibility index (Phi) is 1.96. The molecule has 3 rings (SSSR count). The molecule has 0 N–H and O–H groups in total. The predicted molar refractivity (Wildman–Crippen MR) is 66.5 cm³/mol. The van der Waals surface area contributed by atoms with E-state index in [-0.39, 0.29) is 5.41 Å². The molecule has 1 aliphatic carbocycles. The van der Waals surface area contributed by atoms with Crippen LogP contribution in [0.5, 0.6) is 0 Å². The molecule has 1 fully saturated rings. The minimum absolute atomic E-state index is 0.162. The monoisotopic (exact) mass is 227 g/mol. The molecule has 0 unspecified atom stereocenters. The number of halogens is 1. The van der Waals surface area contributed by atoms with Crippen molar-refractivity contribution < 1.29 is 0 Å². The van der Waals surface area contributed by atoms with E-state index in [1.807, 2.05) is 24.3 Å². The number of hydrogen-bond acceptors (Lipinski definition) is 1. The van der Waals surface area contributed by atoms with Gasteiger partial charge in [-0.25, -0.2) is 0 Å². The topological polar surface area (TPSA) is 12.9 Å². The van der Waals surface area contributed by atoms with Crippen LogP contribution in [0, 0.1) is 12.3 Å². The summed E-state index contributed by atoms with van der Waals surface area (Å²) in [6.45, 7) is 0. The third kappa shape index (κ3) is 1.24. The molecule has 2 aromatic rings. The van der Waals surface area contributed by atoms with Gasteiger partial charge in [0.25, 0.3) is 0 Å². The van der Waals surface area contributed by atoms with Gasteiger partial charge >= 0.3 is 0 Å². The van der Waals surface area contributed by atoms with Gasteiger partial charge in [0.1, 0.15) is 0 Å². The first-order chi connectivity index (χ1) is 7.77. The van der Waals surface area contributed by atoms with Crippen molar-refractivity contribution in [3.05, 3.63) is 41.0 Å². The Balaban J connectivity index is 2.39. The van der Waals surface area contributed by atoms with Crippen molar-refractivity contribution in [1.29, 1.82) is 0 Å². The third-order valence-electron chi connectivity index (χ3n) is 3.23. The van der Waals surface area contributed by atoms with E-state index in [9.17, 15) is 0 Å². The predicted octanol–water partition coefficient (Wildman–Crippen LogP) is 3.55. The largest absolute Gasteiger partial charge is 0.256 e. The van der Waals surface area contributed by atoms with Crippen LogP contribution in [0.25, 0.3) is 10.9 Å². The molecule has 1 aliphatic rings. The van der Waals surface area contributed by atoms with Crippen molar-refractivity contribution in [2.24, 2.45) is 0 Å². The van der Waals surface area contributed by atoms with Crippen LogP contribution in [0.15, 0.2) is 30.5 Å². The number of rotatable bonds is 1. The van der Waals surface area contributed by atoms with Crippen LogP contribution in [0.1, 0.15) is 18.4 Å². The lowest BCUT2D eigenvalue weighted by molar-refractivity contribution is 0.938. The van der Waals surface area contributed by atoms with Gasteiger partial charge in [0, 0.05) is 22.2 Å². The second kappa shape index (κ2) is 3.23. The Hall–Kier alpha value is -1.52. The minimum Gasteiger partial charge on any atom is -0.256 e. The minimum atomic E-state index is -0.162. The van der Waals surface area contributed by atoms with Crippen molar-refractivity contribution >= 4 is 22.5 Å². The standard InChI is InChI=1S/C14H10ClN/c1-2-14(7-8-14)12-11(15)6-5-10-4-3-9-16-13(10)12/h1,3-6,9H,7-8H2. The van der Waals surface area contributed by atoms with Crippen LogP contribution < -0.4 is 0 Å². The van der Waals surface area contributed by atoms with Crippen LogP contribution in [-0.4, -0.2) is 4.98 Å². The lowest BCUT2D eigenvalue weighted by Gasteiger charge is -2.13. The third-order valence-corrected chi connectivity index (χ3v) is 3.54. The van der Waals surface area contributed by atoms with Crippen LogP contribution in [-0.2, 0) is 5.41 Å². The molecule has 0 radical (unpaired) electrons. The molecule has 0 bridgehead atoms. The SMILES string of the molecule is C#CC1(c2c(Cl)ccc3cccnc23)CC1. The number of benzene rings is 1. The molecule has 1 aromatic heterocycles. The van der Waals surface area contributed by atoms with E-state index in [1.165, 1.54) is 0 Å². The second-order valence-corrected chi connectivity index (χ2v) is 4.63. The summed E-state index contributed by atoms with van der Waals surface area (Å²) >= 11 is 6.27. The highest BCUT2D eigenvalue weighted by molar-refractivity contribution is 6.32. The second-order valence-electron chi connectivity index (χ2n) is 4.22. The van der Waals surface area contributed by atoms with Crippen molar-refractivity contribution in [1.82, 2.24) is 4.98 Å². The Bertz CT molecular complexity index is 606. The molecule has 0 amide bonds. The molecule has 78 valence electrons. The summed E-state index contributed by atoms with van der Waals surface area (Å²) in [6, 6.07) is 7.86. The normalized spacial score (nSPS) is 17.0. The molecule has 16 heavy (non-hydrogen) atoms. The van der Waals surface area contributed by atoms with Gasteiger partial charge < -0.3 is 0 Å². The van der Waals surface area contributed by atoms with E-state index in [2.05, 4.69) is 10.9 Å². The van der Waals surface area contributed by atoms with Gasteiger partial charge in [0.15, 0.2) is 0 Å². The van der Waals surface area contributed by atoms with Gasteiger partial charge in [0.2, 0.25) is 0 Å². The van der Waals surface area contributed by atoms with Gasteiger partial charge in [0.05, 0.1) is 10.9 Å². The molecule has 1 nitrogen and oxygen atoms in total. The molecule has 0 atom stereocenters. The smallest absolute Gasteiger partial charge is 0.0764 e. The summed E-state index contributed by atoms with van der Waals surface area (Å²) in [7, 11) is 0. The Morgan fingerprint density at radius 1 is 1.31 bits per heavy atom.